The van der Waals surface area contributed by atoms with Gasteiger partial charge in [-0.05, 0) is 13.0 Å². The molecule has 0 spiro atoms. The number of methoxy groups -OCH3 is 1. The number of pyridine rings is 2. The molecule has 0 radical (unpaired) electrons. The molecule has 0 aromatic carbocycles. The number of hydrogen-bond acceptors (Lipinski definition) is 6. The molecule has 0 atom stereocenters. The first-order valence-corrected chi connectivity index (χ1v) is 9.49. The fourth-order valence-electron chi connectivity index (χ4n) is 3.88. The van der Waals surface area contributed by atoms with E-state index in [4.69, 9.17) is 9.47 Å². The van der Waals surface area contributed by atoms with Crippen molar-refractivity contribution in [3.05, 3.63) is 40.7 Å². The van der Waals surface area contributed by atoms with Crippen molar-refractivity contribution < 1.29 is 23.0 Å². The molecule has 2 aliphatic rings. The van der Waals surface area contributed by atoms with Crippen LogP contribution < -0.4 is 19.7 Å². The molecule has 0 unspecified atom stereocenters. The number of ether oxygens (including phenoxy) is 2. The first kappa shape index (κ1) is 19.4. The molecule has 1 fully saturated rings. The van der Waals surface area contributed by atoms with E-state index in [1.807, 2.05) is 11.0 Å². The highest BCUT2D eigenvalue weighted by Crippen LogP contribution is 2.36. The van der Waals surface area contributed by atoms with Gasteiger partial charge in [-0.25, -0.2) is 18.7 Å². The number of anilines is 1. The summed E-state index contributed by atoms with van der Waals surface area (Å²) >= 11 is 0. The molecule has 7 nitrogen and oxygen atoms in total. The van der Waals surface area contributed by atoms with Gasteiger partial charge in [-0.3, -0.25) is 4.79 Å². The summed E-state index contributed by atoms with van der Waals surface area (Å²) in [7, 11) is 1.55. The van der Waals surface area contributed by atoms with Gasteiger partial charge in [0.15, 0.2) is 0 Å². The molecule has 1 amide bonds. The molecular formula is C20H22F2N4O3. The van der Waals surface area contributed by atoms with Crippen LogP contribution >= 0.6 is 0 Å². The van der Waals surface area contributed by atoms with Crippen LogP contribution in [0.4, 0.5) is 14.6 Å². The van der Waals surface area contributed by atoms with Crippen molar-refractivity contribution in [1.82, 2.24) is 15.3 Å². The molecule has 1 saturated heterocycles. The largest absolute Gasteiger partial charge is 0.489 e. The fraction of sp³-hybridized carbons (Fsp3) is 0.450. The summed E-state index contributed by atoms with van der Waals surface area (Å²) in [6.07, 6.45) is 0.361. The van der Waals surface area contributed by atoms with Gasteiger partial charge < -0.3 is 19.7 Å². The van der Waals surface area contributed by atoms with Crippen molar-refractivity contribution in [1.29, 1.82) is 0 Å². The van der Waals surface area contributed by atoms with Crippen LogP contribution in [0.2, 0.25) is 0 Å². The standard InChI is InChI=1S/C20H22F2N4O3/c1-11-16(18(21)22)17-14(10-24-20(17)27)25-19(11)26-7-5-12(6-8-26)29-13-3-4-15(28-2)23-9-13/h3-4,9,12,18H,5-8,10H2,1-2H3,(H,24,27). The predicted octanol–water partition coefficient (Wildman–Crippen LogP) is 3.02. The van der Waals surface area contributed by atoms with E-state index in [2.05, 4.69) is 15.3 Å². The Bertz CT molecular complexity index is 913. The van der Waals surface area contributed by atoms with E-state index in [1.165, 1.54) is 0 Å². The van der Waals surface area contributed by atoms with Crippen LogP contribution in [0.3, 0.4) is 0 Å². The minimum absolute atomic E-state index is 0.00833. The zero-order chi connectivity index (χ0) is 20.5. The molecule has 4 heterocycles. The third-order valence-corrected chi connectivity index (χ3v) is 5.36. The van der Waals surface area contributed by atoms with Crippen LogP contribution in [0.25, 0.3) is 0 Å². The van der Waals surface area contributed by atoms with Gasteiger partial charge in [0.25, 0.3) is 12.3 Å². The molecule has 154 valence electrons. The molecule has 0 aliphatic carbocycles. The number of aromatic nitrogens is 2. The van der Waals surface area contributed by atoms with E-state index in [-0.39, 0.29) is 23.8 Å². The molecule has 29 heavy (non-hydrogen) atoms. The lowest BCUT2D eigenvalue weighted by atomic mass is 10.0. The average Bonchev–Trinajstić information content (AvgIpc) is 3.09. The molecule has 0 saturated carbocycles. The normalized spacial score (nSPS) is 16.7. The third-order valence-electron chi connectivity index (χ3n) is 5.36. The number of carbonyl (C=O) groups excluding carboxylic acids is 1. The van der Waals surface area contributed by atoms with Crippen molar-refractivity contribution in [2.45, 2.75) is 38.8 Å². The second-order valence-corrected chi connectivity index (χ2v) is 7.12. The van der Waals surface area contributed by atoms with Gasteiger partial charge in [0.1, 0.15) is 17.7 Å². The summed E-state index contributed by atoms with van der Waals surface area (Å²) < 4.78 is 38.4. The molecule has 4 rings (SSSR count). The first-order valence-electron chi connectivity index (χ1n) is 9.49. The molecule has 0 bridgehead atoms. The Hall–Kier alpha value is -2.97. The molecule has 2 aromatic rings. The minimum atomic E-state index is -2.72. The van der Waals surface area contributed by atoms with Gasteiger partial charge in [-0.2, -0.15) is 0 Å². The van der Waals surface area contributed by atoms with Gasteiger partial charge in [0, 0.05) is 43.1 Å². The van der Waals surface area contributed by atoms with Crippen molar-refractivity contribution >= 4 is 11.7 Å². The van der Waals surface area contributed by atoms with Crippen LogP contribution in [0.5, 0.6) is 11.6 Å². The van der Waals surface area contributed by atoms with E-state index in [0.29, 0.717) is 41.8 Å². The number of nitrogens with zero attached hydrogens (tertiary/aromatic N) is 3. The number of alkyl halides is 2. The van der Waals surface area contributed by atoms with E-state index in [9.17, 15) is 13.6 Å². The lowest BCUT2D eigenvalue weighted by molar-refractivity contribution is 0.0953. The van der Waals surface area contributed by atoms with Crippen molar-refractivity contribution in [2.24, 2.45) is 0 Å². The van der Waals surface area contributed by atoms with Gasteiger partial charge in [-0.1, -0.05) is 0 Å². The average molecular weight is 404 g/mol. The summed E-state index contributed by atoms with van der Waals surface area (Å²) in [6.45, 7) is 3.06. The van der Waals surface area contributed by atoms with Gasteiger partial charge in [0.05, 0.1) is 31.1 Å². The number of rotatable bonds is 5. The molecule has 9 heteroatoms. The number of hydrogen-bond donors (Lipinski definition) is 1. The van der Waals surface area contributed by atoms with Crippen LogP contribution in [0.1, 0.15) is 46.4 Å². The Balaban J connectivity index is 1.48. The fourth-order valence-corrected chi connectivity index (χ4v) is 3.88. The van der Waals surface area contributed by atoms with E-state index in [0.717, 1.165) is 12.8 Å². The Labute approximate surface area is 167 Å². The second kappa shape index (κ2) is 7.81. The first-order chi connectivity index (χ1) is 14.0. The highest BCUT2D eigenvalue weighted by molar-refractivity contribution is 6.00. The lowest BCUT2D eigenvalue weighted by Gasteiger charge is -2.34. The predicted molar refractivity (Wildman–Crippen MR) is 102 cm³/mol. The smallest absolute Gasteiger partial charge is 0.265 e. The third kappa shape index (κ3) is 3.68. The zero-order valence-corrected chi connectivity index (χ0v) is 16.2. The summed E-state index contributed by atoms with van der Waals surface area (Å²) in [5, 5.41) is 2.59. The van der Waals surface area contributed by atoms with Crippen LogP contribution in [-0.4, -0.2) is 42.2 Å². The minimum Gasteiger partial charge on any atom is -0.489 e. The maximum atomic E-state index is 13.7. The number of carbonyl (C=O) groups is 1. The molecular weight excluding hydrogens is 382 g/mol. The molecule has 1 N–H and O–H groups in total. The quantitative estimate of drug-likeness (QED) is 0.826. The monoisotopic (exact) mass is 404 g/mol. The van der Waals surface area contributed by atoms with E-state index >= 15 is 0 Å². The van der Waals surface area contributed by atoms with Crippen molar-refractivity contribution in [3.63, 3.8) is 0 Å². The van der Waals surface area contributed by atoms with E-state index in [1.54, 1.807) is 26.3 Å². The Morgan fingerprint density at radius 3 is 2.66 bits per heavy atom. The van der Waals surface area contributed by atoms with E-state index < -0.39 is 12.3 Å². The highest BCUT2D eigenvalue weighted by Gasteiger charge is 2.33. The Morgan fingerprint density at radius 1 is 1.28 bits per heavy atom. The molecule has 2 aliphatic heterocycles. The Morgan fingerprint density at radius 2 is 2.03 bits per heavy atom. The zero-order valence-electron chi connectivity index (χ0n) is 16.2. The second-order valence-electron chi connectivity index (χ2n) is 7.12. The van der Waals surface area contributed by atoms with Crippen molar-refractivity contribution in [2.75, 3.05) is 25.1 Å². The van der Waals surface area contributed by atoms with Gasteiger partial charge >= 0.3 is 0 Å². The topological polar surface area (TPSA) is 76.6 Å². The summed E-state index contributed by atoms with van der Waals surface area (Å²) in [5.41, 5.74) is 0.595. The van der Waals surface area contributed by atoms with Crippen LogP contribution in [0, 0.1) is 6.92 Å². The SMILES string of the molecule is COc1ccc(OC2CCN(c3nc4c(c(C(F)F)c3C)C(=O)NC4)CC2)cn1. The van der Waals surface area contributed by atoms with Crippen molar-refractivity contribution in [3.8, 4) is 11.6 Å². The number of nitrogens with one attached hydrogen (secondary N) is 1. The van der Waals surface area contributed by atoms with Crippen LogP contribution in [0.15, 0.2) is 18.3 Å². The highest BCUT2D eigenvalue weighted by atomic mass is 19.3. The van der Waals surface area contributed by atoms with Crippen LogP contribution in [-0.2, 0) is 6.54 Å². The number of fused-ring (bicyclic) bond motifs is 1. The summed E-state index contributed by atoms with van der Waals surface area (Å²) in [6, 6.07) is 3.55. The molecule has 2 aromatic heterocycles. The van der Waals surface area contributed by atoms with Gasteiger partial charge in [-0.15, -0.1) is 0 Å². The maximum Gasteiger partial charge on any atom is 0.265 e. The lowest BCUT2D eigenvalue weighted by Crippen LogP contribution is -2.39. The maximum absolute atomic E-state index is 13.7. The number of piperidine rings is 1. The number of amides is 1. The summed E-state index contributed by atoms with van der Waals surface area (Å²) in [5.74, 6) is 1.24. The summed E-state index contributed by atoms with van der Waals surface area (Å²) in [4.78, 5) is 22.6. The van der Waals surface area contributed by atoms with Gasteiger partial charge in [0.2, 0.25) is 5.88 Å². The number of halogens is 2. The Kier molecular flexibility index (Phi) is 5.21.